The van der Waals surface area contributed by atoms with E-state index in [1.54, 1.807) is 13.8 Å². The van der Waals surface area contributed by atoms with E-state index in [9.17, 15) is 14.4 Å². The number of fused-ring (bicyclic) bond motifs is 1. The maximum absolute atomic E-state index is 12.7. The van der Waals surface area contributed by atoms with Gasteiger partial charge >= 0.3 is 5.97 Å². The molecule has 0 aliphatic carbocycles. The number of aryl methyl sites for hydroxylation is 1. The highest BCUT2D eigenvalue weighted by Crippen LogP contribution is 2.27. The summed E-state index contributed by atoms with van der Waals surface area (Å²) >= 11 is 6.36. The van der Waals surface area contributed by atoms with Crippen LogP contribution in [-0.4, -0.2) is 34.6 Å². The fourth-order valence-electron chi connectivity index (χ4n) is 2.19. The van der Waals surface area contributed by atoms with Crippen LogP contribution in [0.4, 0.5) is 0 Å². The standard InChI is InChI=1S/C14H17N3O4S2/c1-4-21-13(20)10-7(2)9-11(23-10)16-14(22)17(12(9)19)6-5-15-8(3)18/h4-6H2,1-3H3,(H,15,18)(H,16,22). The van der Waals surface area contributed by atoms with Gasteiger partial charge in [-0.3, -0.25) is 14.2 Å². The number of amides is 1. The Labute approximate surface area is 141 Å². The number of hydrogen-bond donors (Lipinski definition) is 2. The lowest BCUT2D eigenvalue weighted by molar-refractivity contribution is -0.118. The van der Waals surface area contributed by atoms with Gasteiger partial charge < -0.3 is 15.0 Å². The molecule has 0 unspecified atom stereocenters. The second-order valence-corrected chi connectivity index (χ2v) is 6.26. The van der Waals surface area contributed by atoms with E-state index in [0.29, 0.717) is 27.2 Å². The molecule has 0 aliphatic heterocycles. The van der Waals surface area contributed by atoms with Gasteiger partial charge in [-0.2, -0.15) is 0 Å². The summed E-state index contributed by atoms with van der Waals surface area (Å²) in [6, 6.07) is 0. The Morgan fingerprint density at radius 3 is 2.74 bits per heavy atom. The van der Waals surface area contributed by atoms with Gasteiger partial charge in [-0.1, -0.05) is 0 Å². The number of hydrogen-bond acceptors (Lipinski definition) is 6. The molecular weight excluding hydrogens is 338 g/mol. The van der Waals surface area contributed by atoms with E-state index < -0.39 is 5.97 Å². The lowest BCUT2D eigenvalue weighted by atomic mass is 10.2. The minimum atomic E-state index is -0.449. The van der Waals surface area contributed by atoms with Crippen LogP contribution in [-0.2, 0) is 16.1 Å². The third-order valence-corrected chi connectivity index (χ3v) is 4.75. The summed E-state index contributed by atoms with van der Waals surface area (Å²) in [6.45, 7) is 5.66. The number of H-pyrrole nitrogens is 1. The van der Waals surface area contributed by atoms with Crippen molar-refractivity contribution in [3.8, 4) is 0 Å². The number of aromatic nitrogens is 2. The molecule has 9 heteroatoms. The predicted octanol–water partition coefficient (Wildman–Crippen LogP) is 1.74. The predicted molar refractivity (Wildman–Crippen MR) is 90.6 cm³/mol. The first kappa shape index (κ1) is 17.4. The second-order valence-electron chi connectivity index (χ2n) is 4.85. The van der Waals surface area contributed by atoms with Gasteiger partial charge in [0.15, 0.2) is 4.77 Å². The van der Waals surface area contributed by atoms with Crippen molar-refractivity contribution in [3.05, 3.63) is 25.6 Å². The van der Waals surface area contributed by atoms with Crippen molar-refractivity contribution in [1.29, 1.82) is 0 Å². The second kappa shape index (κ2) is 7.05. The summed E-state index contributed by atoms with van der Waals surface area (Å²) in [5.74, 6) is -0.625. The van der Waals surface area contributed by atoms with Crippen LogP contribution in [0.15, 0.2) is 4.79 Å². The third-order valence-electron chi connectivity index (χ3n) is 3.24. The van der Waals surface area contributed by atoms with Gasteiger partial charge in [0.25, 0.3) is 5.56 Å². The Balaban J connectivity index is 2.51. The summed E-state index contributed by atoms with van der Waals surface area (Å²) in [4.78, 5) is 39.5. The highest BCUT2D eigenvalue weighted by molar-refractivity contribution is 7.71. The molecule has 2 heterocycles. The van der Waals surface area contributed by atoms with Crippen molar-refractivity contribution in [2.75, 3.05) is 13.2 Å². The normalized spacial score (nSPS) is 10.7. The minimum absolute atomic E-state index is 0.176. The Hall–Kier alpha value is -2.00. The highest BCUT2D eigenvalue weighted by Gasteiger charge is 2.20. The SMILES string of the molecule is CCOC(=O)c1sc2[nH]c(=S)n(CCNC(C)=O)c(=O)c2c1C. The lowest BCUT2D eigenvalue weighted by Crippen LogP contribution is -2.30. The molecule has 0 aromatic carbocycles. The number of carbonyl (C=O) groups excluding carboxylic acids is 2. The van der Waals surface area contributed by atoms with Crippen LogP contribution >= 0.6 is 23.6 Å². The number of nitrogens with one attached hydrogen (secondary N) is 2. The maximum Gasteiger partial charge on any atom is 0.348 e. The summed E-state index contributed by atoms with van der Waals surface area (Å²) in [5, 5.41) is 3.05. The average Bonchev–Trinajstić information content (AvgIpc) is 2.79. The molecule has 7 nitrogen and oxygen atoms in total. The molecule has 2 rings (SSSR count). The molecule has 0 saturated carbocycles. The molecular formula is C14H17N3O4S2. The lowest BCUT2D eigenvalue weighted by Gasteiger charge is -2.07. The number of nitrogens with zero attached hydrogens (tertiary/aromatic N) is 1. The van der Waals surface area contributed by atoms with E-state index in [1.165, 1.54) is 11.5 Å². The van der Waals surface area contributed by atoms with Crippen LogP contribution in [0.25, 0.3) is 10.2 Å². The smallest absolute Gasteiger partial charge is 0.348 e. The fourth-order valence-corrected chi connectivity index (χ4v) is 3.62. The zero-order valence-electron chi connectivity index (χ0n) is 13.0. The topological polar surface area (TPSA) is 93.2 Å². The van der Waals surface area contributed by atoms with Crippen molar-refractivity contribution in [1.82, 2.24) is 14.9 Å². The highest BCUT2D eigenvalue weighted by atomic mass is 32.1. The van der Waals surface area contributed by atoms with E-state index in [2.05, 4.69) is 10.3 Å². The molecule has 2 N–H and O–H groups in total. The maximum atomic E-state index is 12.7. The Kier molecular flexibility index (Phi) is 5.32. The molecule has 2 aromatic rings. The van der Waals surface area contributed by atoms with E-state index in [1.807, 2.05) is 0 Å². The van der Waals surface area contributed by atoms with Crippen LogP contribution < -0.4 is 10.9 Å². The van der Waals surface area contributed by atoms with Crippen molar-refractivity contribution in [2.24, 2.45) is 0 Å². The van der Waals surface area contributed by atoms with E-state index in [4.69, 9.17) is 17.0 Å². The number of carbonyl (C=O) groups is 2. The average molecular weight is 355 g/mol. The number of esters is 1. The molecule has 0 aliphatic rings. The van der Waals surface area contributed by atoms with Crippen LogP contribution in [0, 0.1) is 11.7 Å². The van der Waals surface area contributed by atoms with Crippen molar-refractivity contribution < 1.29 is 14.3 Å². The Bertz CT molecular complexity index is 879. The van der Waals surface area contributed by atoms with Gasteiger partial charge in [0.1, 0.15) is 9.71 Å². The van der Waals surface area contributed by atoms with Crippen molar-refractivity contribution in [2.45, 2.75) is 27.3 Å². The molecule has 0 atom stereocenters. The molecule has 2 aromatic heterocycles. The molecule has 1 amide bonds. The molecule has 0 fully saturated rings. The molecule has 0 bridgehead atoms. The van der Waals surface area contributed by atoms with Crippen molar-refractivity contribution >= 4 is 45.6 Å². The van der Waals surface area contributed by atoms with Gasteiger partial charge in [-0.25, -0.2) is 4.79 Å². The van der Waals surface area contributed by atoms with Crippen LogP contribution in [0.2, 0.25) is 0 Å². The Morgan fingerprint density at radius 2 is 2.13 bits per heavy atom. The first-order chi connectivity index (χ1) is 10.9. The zero-order valence-corrected chi connectivity index (χ0v) is 14.7. The van der Waals surface area contributed by atoms with Gasteiger partial charge in [0, 0.05) is 20.0 Å². The monoisotopic (exact) mass is 355 g/mol. The van der Waals surface area contributed by atoms with Crippen LogP contribution in [0.1, 0.15) is 29.1 Å². The minimum Gasteiger partial charge on any atom is -0.462 e. The van der Waals surface area contributed by atoms with Gasteiger partial charge in [0.2, 0.25) is 5.91 Å². The van der Waals surface area contributed by atoms with E-state index >= 15 is 0 Å². The first-order valence-corrected chi connectivity index (χ1v) is 8.27. The molecule has 23 heavy (non-hydrogen) atoms. The van der Waals surface area contributed by atoms with Crippen molar-refractivity contribution in [3.63, 3.8) is 0 Å². The van der Waals surface area contributed by atoms with E-state index in [-0.39, 0.29) is 29.4 Å². The largest absolute Gasteiger partial charge is 0.462 e. The quantitative estimate of drug-likeness (QED) is 0.629. The summed E-state index contributed by atoms with van der Waals surface area (Å²) in [6.07, 6.45) is 0. The molecule has 0 spiro atoms. The molecule has 0 saturated heterocycles. The zero-order chi connectivity index (χ0) is 17.1. The first-order valence-electron chi connectivity index (χ1n) is 7.04. The van der Waals surface area contributed by atoms with Gasteiger partial charge in [-0.15, -0.1) is 11.3 Å². The number of ether oxygens (including phenoxy) is 1. The summed E-state index contributed by atoms with van der Waals surface area (Å²) in [5.41, 5.74) is 0.298. The Morgan fingerprint density at radius 1 is 1.43 bits per heavy atom. The summed E-state index contributed by atoms with van der Waals surface area (Å²) < 4.78 is 6.64. The van der Waals surface area contributed by atoms with Crippen LogP contribution in [0.5, 0.6) is 0 Å². The molecule has 124 valence electrons. The third kappa shape index (κ3) is 3.50. The van der Waals surface area contributed by atoms with Crippen LogP contribution in [0.3, 0.4) is 0 Å². The molecule has 0 radical (unpaired) electrons. The summed E-state index contributed by atoms with van der Waals surface area (Å²) in [7, 11) is 0. The fraction of sp³-hybridized carbons (Fsp3) is 0.429. The van der Waals surface area contributed by atoms with Gasteiger partial charge in [0.05, 0.1) is 12.0 Å². The van der Waals surface area contributed by atoms with Gasteiger partial charge in [-0.05, 0) is 31.6 Å². The van der Waals surface area contributed by atoms with E-state index in [0.717, 1.165) is 11.3 Å². The number of aromatic amines is 1. The number of rotatable bonds is 5. The number of thiophene rings is 1.